The van der Waals surface area contributed by atoms with Crippen LogP contribution < -0.4 is 19.6 Å². The van der Waals surface area contributed by atoms with Crippen LogP contribution in [0.1, 0.15) is 77.8 Å². The second kappa shape index (κ2) is 16.7. The predicted octanol–water partition coefficient (Wildman–Crippen LogP) is 8.02. The van der Waals surface area contributed by atoms with Crippen molar-refractivity contribution in [3.8, 4) is 5.75 Å². The number of benzene rings is 4. The summed E-state index contributed by atoms with van der Waals surface area (Å²) in [7, 11) is 0. The molecule has 0 saturated heterocycles. The quantitative estimate of drug-likeness (QED) is 0.0985. The molecule has 0 spiro atoms. The lowest BCUT2D eigenvalue weighted by atomic mass is 9.91. The molecule has 266 valence electrons. The Labute approximate surface area is 333 Å². The molecule has 11 heteroatoms. The molecule has 5 aromatic rings. The van der Waals surface area contributed by atoms with Gasteiger partial charge in [-0.1, -0.05) is 91.9 Å². The Kier molecular flexibility index (Phi) is 12.1. The minimum absolute atomic E-state index is 0.178. The molecule has 1 aliphatic rings. The second-order valence-electron chi connectivity index (χ2n) is 12.3. The Bertz CT molecular complexity index is 2330. The summed E-state index contributed by atoms with van der Waals surface area (Å²) in [6.07, 6.45) is 1.84. The van der Waals surface area contributed by atoms with Gasteiger partial charge in [-0.25, -0.2) is 14.6 Å². The normalized spacial score (nSPS) is 14.2. The van der Waals surface area contributed by atoms with E-state index in [9.17, 15) is 14.4 Å². The number of ether oxygens (including phenoxy) is 3. The fourth-order valence-corrected chi connectivity index (χ4v) is 8.94. The third-order valence-electron chi connectivity index (χ3n) is 8.46. The van der Waals surface area contributed by atoms with E-state index in [1.807, 2.05) is 84.9 Å². The number of fused-ring (bicyclic) bond motifs is 1. The summed E-state index contributed by atoms with van der Waals surface area (Å²) in [5.41, 5.74) is 5.28. The lowest BCUT2D eigenvalue weighted by molar-refractivity contribution is -0.138. The van der Waals surface area contributed by atoms with Gasteiger partial charge in [-0.15, -0.1) is 0 Å². The number of carbonyl (C=O) groups is 2. The maximum atomic E-state index is 14.6. The Hall–Kier alpha value is -4.08. The van der Waals surface area contributed by atoms with Gasteiger partial charge >= 0.3 is 11.9 Å². The maximum absolute atomic E-state index is 14.6. The fourth-order valence-electron chi connectivity index (χ4n) is 5.91. The molecular formula is C41H36I2N2O6S. The van der Waals surface area contributed by atoms with E-state index in [1.54, 1.807) is 30.5 Å². The summed E-state index contributed by atoms with van der Waals surface area (Å²) in [5.74, 6) is 0.0496. The van der Waals surface area contributed by atoms with Gasteiger partial charge in [0, 0.05) is 14.7 Å². The number of hydrogen-bond donors (Lipinski definition) is 0. The highest BCUT2D eigenvalue weighted by molar-refractivity contribution is 14.1. The van der Waals surface area contributed by atoms with Gasteiger partial charge in [0.05, 0.1) is 44.2 Å². The number of carbonyl (C=O) groups excluding carboxylic acids is 2. The summed E-state index contributed by atoms with van der Waals surface area (Å²) in [5, 5.41) is 0. The largest absolute Gasteiger partial charge is 0.487 e. The van der Waals surface area contributed by atoms with Gasteiger partial charge in [-0.2, -0.15) is 0 Å². The third-order valence-corrected chi connectivity index (χ3v) is 10.9. The van der Waals surface area contributed by atoms with Crippen LogP contribution in [0.4, 0.5) is 0 Å². The molecule has 0 bridgehead atoms. The van der Waals surface area contributed by atoms with Crippen molar-refractivity contribution in [2.75, 3.05) is 13.2 Å². The van der Waals surface area contributed by atoms with Gasteiger partial charge in [0.25, 0.3) is 5.56 Å². The van der Waals surface area contributed by atoms with Crippen LogP contribution >= 0.6 is 56.5 Å². The highest BCUT2D eigenvalue weighted by Crippen LogP contribution is 2.36. The van der Waals surface area contributed by atoms with Gasteiger partial charge < -0.3 is 14.2 Å². The van der Waals surface area contributed by atoms with Crippen molar-refractivity contribution in [3.63, 3.8) is 0 Å². The summed E-state index contributed by atoms with van der Waals surface area (Å²) in [6, 6.07) is 27.9. The Morgan fingerprint density at radius 1 is 0.904 bits per heavy atom. The average Bonchev–Trinajstić information content (AvgIpc) is 3.45. The Morgan fingerprint density at radius 3 is 2.23 bits per heavy atom. The van der Waals surface area contributed by atoms with Crippen LogP contribution in [0.25, 0.3) is 11.8 Å². The van der Waals surface area contributed by atoms with Crippen molar-refractivity contribution >= 4 is 80.2 Å². The minimum Gasteiger partial charge on any atom is -0.487 e. The number of nitrogens with zero attached hydrogens (tertiary/aromatic N) is 2. The van der Waals surface area contributed by atoms with Gasteiger partial charge in [0.15, 0.2) is 4.80 Å². The van der Waals surface area contributed by atoms with Gasteiger partial charge in [-0.3, -0.25) is 9.36 Å². The van der Waals surface area contributed by atoms with Crippen LogP contribution in [0.2, 0.25) is 0 Å². The summed E-state index contributed by atoms with van der Waals surface area (Å²) in [6.45, 7) is 8.53. The molecule has 0 aliphatic carbocycles. The molecule has 0 saturated carbocycles. The first-order valence-electron chi connectivity index (χ1n) is 16.9. The van der Waals surface area contributed by atoms with Crippen molar-refractivity contribution in [1.82, 2.24) is 4.57 Å². The van der Waals surface area contributed by atoms with Crippen molar-refractivity contribution in [2.24, 2.45) is 4.99 Å². The molecule has 6 rings (SSSR count). The smallest absolute Gasteiger partial charge is 0.338 e. The molecule has 1 aromatic heterocycles. The van der Waals surface area contributed by atoms with Crippen molar-refractivity contribution in [3.05, 3.63) is 157 Å². The van der Waals surface area contributed by atoms with Crippen molar-refractivity contribution in [1.29, 1.82) is 0 Å². The monoisotopic (exact) mass is 938 g/mol. The lowest BCUT2D eigenvalue weighted by Gasteiger charge is -2.26. The van der Waals surface area contributed by atoms with E-state index in [4.69, 9.17) is 19.2 Å². The predicted molar refractivity (Wildman–Crippen MR) is 220 cm³/mol. The van der Waals surface area contributed by atoms with E-state index in [1.165, 1.54) is 11.3 Å². The molecule has 0 fully saturated rings. The second-order valence-corrected chi connectivity index (χ2v) is 15.7. The molecule has 0 amide bonds. The van der Waals surface area contributed by atoms with Crippen LogP contribution in [0, 0.1) is 7.14 Å². The number of hydrogen-bond acceptors (Lipinski definition) is 8. The van der Waals surface area contributed by atoms with Crippen LogP contribution in [-0.4, -0.2) is 29.7 Å². The van der Waals surface area contributed by atoms with Crippen LogP contribution in [-0.2, 0) is 20.9 Å². The van der Waals surface area contributed by atoms with E-state index >= 15 is 0 Å². The summed E-state index contributed by atoms with van der Waals surface area (Å²) < 4.78 is 21.0. The van der Waals surface area contributed by atoms with E-state index in [2.05, 4.69) is 59.0 Å². The third kappa shape index (κ3) is 8.11. The zero-order valence-electron chi connectivity index (χ0n) is 29.0. The fraction of sp³-hybridized carbons (Fsp3) is 0.220. The Morgan fingerprint density at radius 2 is 1.58 bits per heavy atom. The molecule has 0 radical (unpaired) electrons. The van der Waals surface area contributed by atoms with Crippen LogP contribution in [0.5, 0.6) is 5.75 Å². The molecule has 0 N–H and O–H groups in total. The number of thiazole rings is 1. The standard InChI is InChI=1S/C41H36I2N2O6S/c1-5-49-39(47)29-14-12-25(13-15-29)23-51-37-30(20-31(42)22-32(37)43)21-33-38(46)45-36(28-18-16-26(17-19-28)24(3)4)34(40(48)50-6-2)35(44-41(45)52-33)27-10-8-7-9-11-27/h7-22,24,36H,5-6,23H2,1-4H3/b33-21-/t36-/m0/s1. The van der Waals surface area contributed by atoms with E-state index < -0.39 is 12.0 Å². The van der Waals surface area contributed by atoms with Crippen molar-refractivity contribution in [2.45, 2.75) is 46.3 Å². The molecule has 1 aliphatic heterocycles. The molecule has 4 aromatic carbocycles. The Balaban J connectivity index is 1.48. The first-order valence-corrected chi connectivity index (χ1v) is 19.8. The summed E-state index contributed by atoms with van der Waals surface area (Å²) >= 11 is 5.77. The van der Waals surface area contributed by atoms with Gasteiger partial charge in [-0.05, 0) is 112 Å². The van der Waals surface area contributed by atoms with E-state index in [-0.39, 0.29) is 24.7 Å². The zero-order valence-corrected chi connectivity index (χ0v) is 34.2. The molecule has 2 heterocycles. The first-order chi connectivity index (χ1) is 25.1. The number of esters is 2. The van der Waals surface area contributed by atoms with E-state index in [0.29, 0.717) is 44.4 Å². The maximum Gasteiger partial charge on any atom is 0.338 e. The SMILES string of the molecule is CCOC(=O)C1=C(c2ccccc2)N=c2s/c(=C\c3cc(I)cc(I)c3OCc3ccc(C(=O)OCC)cc3)c(=O)n2[C@H]1c1ccc(C(C)C)cc1. The average molecular weight is 939 g/mol. The highest BCUT2D eigenvalue weighted by atomic mass is 127. The molecule has 1 atom stereocenters. The molecule has 52 heavy (non-hydrogen) atoms. The van der Waals surface area contributed by atoms with Gasteiger partial charge in [0.1, 0.15) is 12.4 Å². The zero-order chi connectivity index (χ0) is 36.9. The lowest BCUT2D eigenvalue weighted by Crippen LogP contribution is -2.40. The number of rotatable bonds is 11. The summed E-state index contributed by atoms with van der Waals surface area (Å²) in [4.78, 5) is 46.0. The van der Waals surface area contributed by atoms with Crippen LogP contribution in [0.15, 0.2) is 106 Å². The first kappa shape index (κ1) is 37.7. The molecule has 0 unspecified atom stereocenters. The molecular weight excluding hydrogens is 902 g/mol. The van der Waals surface area contributed by atoms with Crippen LogP contribution in [0.3, 0.4) is 0 Å². The molecule has 8 nitrogen and oxygen atoms in total. The minimum atomic E-state index is -0.766. The number of aromatic nitrogens is 1. The highest BCUT2D eigenvalue weighted by Gasteiger charge is 2.35. The van der Waals surface area contributed by atoms with E-state index in [0.717, 1.165) is 35.0 Å². The van der Waals surface area contributed by atoms with Crippen molar-refractivity contribution < 1.29 is 23.8 Å². The number of halogens is 2. The van der Waals surface area contributed by atoms with Gasteiger partial charge in [0.2, 0.25) is 0 Å². The topological polar surface area (TPSA) is 96.2 Å².